The number of rotatable bonds is 32. The Balaban J connectivity index is 0.000000182. The quantitative estimate of drug-likeness (QED) is 0.0143. The fourth-order valence-corrected chi connectivity index (χ4v) is 19.4. The number of ether oxygens (including phenoxy) is 4. The third kappa shape index (κ3) is 27.5. The summed E-state index contributed by atoms with van der Waals surface area (Å²) in [6.45, 7) is 30.7. The molecule has 2 aromatic heterocycles. The number of halogens is 1. The second kappa shape index (κ2) is 47.2. The number of aliphatic carboxylic acids is 1. The molecule has 2 aliphatic heterocycles. The first-order chi connectivity index (χ1) is 61.8. The zero-order chi connectivity index (χ0) is 94.5. The SMILES string of the molecule is CC(=O)C[C@H](O)C[C@H](O)CCn1c(-c2ccc(F)cc2)c(-c2ccccc2)c(C(=O)Nc2ccccc2)c1C(C)C.CCC(C)(C)C(=O)O[C@H]1C[C@@H](C)C=C2C=C[C@H](C)[C@H](CC[C@@H]3C[C@@H](O)CC(=O)O3)[C@H]21.CC[C@H](C)C(=O)O[C@H]1C[C@@H](C)C=C2C=C[C@H](C)[C@H](CC[C@@H]3C[C@@H](O)CC(=O)O3)[C@H]21.Cc1ccc(-c2c(/C=C/[C@@H](O)C[C@@H](O)CC(=O)O)n(C(C)C)c3ccccc23)cc1. The van der Waals surface area contributed by atoms with Crippen LogP contribution in [0.3, 0.4) is 0 Å². The summed E-state index contributed by atoms with van der Waals surface area (Å²) < 4.78 is 41.4. The number of aryl methyl sites for hydroxylation is 1. The highest BCUT2D eigenvalue weighted by Gasteiger charge is 2.46. The highest BCUT2D eigenvalue weighted by atomic mass is 19.1. The number of aromatic nitrogens is 2. The molecule has 22 heteroatoms. The van der Waals surface area contributed by atoms with E-state index in [2.05, 4.69) is 131 Å². The lowest BCUT2D eigenvalue weighted by Crippen LogP contribution is -2.43. The van der Waals surface area contributed by atoms with Gasteiger partial charge < -0.3 is 69.1 Å². The number of hydrogen-bond donors (Lipinski definition) is 8. The van der Waals surface area contributed by atoms with E-state index in [1.165, 1.54) is 35.8 Å². The fourth-order valence-electron chi connectivity index (χ4n) is 19.4. The number of amides is 1. The van der Waals surface area contributed by atoms with Crippen molar-refractivity contribution >= 4 is 64.2 Å². The van der Waals surface area contributed by atoms with E-state index in [9.17, 15) is 68.6 Å². The summed E-state index contributed by atoms with van der Waals surface area (Å²) in [6.07, 6.45) is 18.9. The highest BCUT2D eigenvalue weighted by molar-refractivity contribution is 6.12. The molecule has 2 fully saturated rings. The van der Waals surface area contributed by atoms with Crippen molar-refractivity contribution in [1.29, 1.82) is 0 Å². The molecular formula is C108H140FN3O18. The van der Waals surface area contributed by atoms with E-state index in [1.807, 2.05) is 132 Å². The van der Waals surface area contributed by atoms with E-state index in [0.717, 1.165) is 107 Å². The largest absolute Gasteiger partial charge is 0.481 e. The van der Waals surface area contributed by atoms with Gasteiger partial charge in [-0.05, 0) is 224 Å². The first-order valence-electron chi connectivity index (χ1n) is 47.0. The molecule has 7 aromatic rings. The molecule has 6 aliphatic rings. The van der Waals surface area contributed by atoms with Gasteiger partial charge in [0.15, 0.2) is 0 Å². The number of esters is 4. The summed E-state index contributed by atoms with van der Waals surface area (Å²) in [6, 6.07) is 41.9. The van der Waals surface area contributed by atoms with Crippen molar-refractivity contribution in [2.45, 2.75) is 293 Å². The molecule has 0 spiro atoms. The van der Waals surface area contributed by atoms with Crippen molar-refractivity contribution in [3.8, 4) is 33.5 Å². The molecule has 0 saturated carbocycles. The molecule has 21 nitrogen and oxygen atoms in total. The number of hydrogen-bond acceptors (Lipinski definition) is 17. The maximum atomic E-state index is 14.1. The third-order valence-electron chi connectivity index (χ3n) is 26.5. The highest BCUT2D eigenvalue weighted by Crippen LogP contribution is 2.50. The van der Waals surface area contributed by atoms with Crippen LogP contribution in [0.1, 0.15) is 245 Å². The van der Waals surface area contributed by atoms with Crippen LogP contribution in [0.15, 0.2) is 187 Å². The lowest BCUT2D eigenvalue weighted by molar-refractivity contribution is -0.166. The van der Waals surface area contributed by atoms with E-state index in [4.69, 9.17) is 24.1 Å². The number of allylic oxidation sites excluding steroid dienone is 6. The van der Waals surface area contributed by atoms with Gasteiger partial charge in [-0.15, -0.1) is 0 Å². The molecule has 702 valence electrons. The van der Waals surface area contributed by atoms with Crippen LogP contribution >= 0.6 is 0 Å². The number of carbonyl (C=O) groups is 7. The Morgan fingerprint density at radius 3 is 1.65 bits per heavy atom. The Labute approximate surface area is 767 Å². The molecule has 19 atom stereocenters. The monoisotopic (exact) mass is 1790 g/mol. The summed E-state index contributed by atoms with van der Waals surface area (Å²) in [4.78, 5) is 85.0. The molecule has 0 bridgehead atoms. The maximum absolute atomic E-state index is 14.1. The predicted molar refractivity (Wildman–Crippen MR) is 507 cm³/mol. The lowest BCUT2D eigenvalue weighted by atomic mass is 9.65. The number of anilines is 1. The number of nitrogens with one attached hydrogen (secondary N) is 1. The number of ketones is 1. The van der Waals surface area contributed by atoms with Crippen molar-refractivity contribution in [3.63, 3.8) is 0 Å². The Morgan fingerprint density at radius 2 is 1.14 bits per heavy atom. The van der Waals surface area contributed by atoms with E-state index < -0.39 is 48.0 Å². The molecule has 0 unspecified atom stereocenters. The summed E-state index contributed by atoms with van der Waals surface area (Å²) in [5.41, 5.74) is 12.5. The molecular weight excluding hydrogens is 1650 g/mol. The Kier molecular flexibility index (Phi) is 37.0. The van der Waals surface area contributed by atoms with Gasteiger partial charge in [0.2, 0.25) is 0 Å². The summed E-state index contributed by atoms with van der Waals surface area (Å²) >= 11 is 0. The number of Topliss-reactive ketones (excluding diaryl/α,β-unsaturated/α-hetero) is 1. The molecule has 130 heavy (non-hydrogen) atoms. The first kappa shape index (κ1) is 102. The average Bonchev–Trinajstić information content (AvgIpc) is 1.57. The second-order valence-corrected chi connectivity index (χ2v) is 38.3. The zero-order valence-electron chi connectivity index (χ0n) is 78.6. The van der Waals surface area contributed by atoms with E-state index in [-0.39, 0.29) is 140 Å². The molecule has 1 amide bonds. The van der Waals surface area contributed by atoms with E-state index in [0.29, 0.717) is 66.1 Å². The number of aliphatic hydroxyl groups is 6. The van der Waals surface area contributed by atoms with Gasteiger partial charge in [0.25, 0.3) is 5.91 Å². The maximum Gasteiger partial charge on any atom is 0.311 e. The molecule has 4 heterocycles. The Hall–Kier alpha value is -10.2. The van der Waals surface area contributed by atoms with Crippen LogP contribution in [0.2, 0.25) is 0 Å². The van der Waals surface area contributed by atoms with Gasteiger partial charge in [0, 0.05) is 89.2 Å². The van der Waals surface area contributed by atoms with Gasteiger partial charge in [0.1, 0.15) is 36.0 Å². The minimum absolute atomic E-state index is 0.0133. The number of para-hydroxylation sites is 2. The van der Waals surface area contributed by atoms with Crippen molar-refractivity contribution in [2.75, 3.05) is 5.32 Å². The number of cyclic esters (lactones) is 2. The third-order valence-corrected chi connectivity index (χ3v) is 26.5. The van der Waals surface area contributed by atoms with E-state index >= 15 is 0 Å². The van der Waals surface area contributed by atoms with Crippen molar-refractivity contribution in [1.82, 2.24) is 9.13 Å². The van der Waals surface area contributed by atoms with Crippen LogP contribution < -0.4 is 5.32 Å². The standard InChI is InChI=1S/C34H37FN2O4.C25H29NO4.C25H38O5.C24H36O5/c1-22(2)32-31(34(41)36-27-12-8-5-9-13-27)30(24-10-6-4-7-11-24)33(25-14-16-26(35)17-15-25)37(32)19-18-28(39)21-29(40)20-23(3)38;1-16(2)26-22-7-5-4-6-21(22)25(18-10-8-17(3)9-11-18)23(26)13-12-19(27)14-20(28)15-24(29)30;1-6-25(4,5)24(28)30-21-12-15(2)11-17-8-7-16(3)20(23(17)21)10-9-19-13-18(26)14-22(27)29-19;1-5-15(3)24(27)29-21-11-14(2)10-17-7-6-16(4)20(23(17)21)9-8-19-12-18(25)13-22(26)28-19/h4-17,22,28-29,39-40H,18-21H2,1-3H3,(H,36,41);4-13,16,19-20,27-28H,14-15H2,1-3H3,(H,29,30);7-8,11,15-16,18-21,23,26H,6,9-10,12-14H2,1-5H3;6-7,10,14-16,18-21,23,25H,5,8-9,11-13H2,1-4H3/b;13-12+;;/t28-,29+;19-,20-;15-,16-,18+,19+,20-,21-,23-;14-,15-,16-,18+,19+,20-,21-,23-/m1100/s1. The van der Waals surface area contributed by atoms with Gasteiger partial charge in [-0.2, -0.15) is 0 Å². The summed E-state index contributed by atoms with van der Waals surface area (Å²) in [5, 5.41) is 74.0. The molecule has 8 N–H and O–H groups in total. The Morgan fingerprint density at radius 1 is 0.623 bits per heavy atom. The predicted octanol–water partition coefficient (Wildman–Crippen LogP) is 20.4. The minimum Gasteiger partial charge on any atom is -0.481 e. The normalized spacial score (nSPS) is 24.1. The average molecular weight is 1790 g/mol. The van der Waals surface area contributed by atoms with Gasteiger partial charge in [0.05, 0.1) is 78.5 Å². The molecule has 5 aromatic carbocycles. The first-order valence-corrected chi connectivity index (χ1v) is 47.0. The molecule has 4 aliphatic carbocycles. The number of benzene rings is 5. The van der Waals surface area contributed by atoms with Crippen molar-refractivity contribution in [3.05, 3.63) is 215 Å². The van der Waals surface area contributed by atoms with Crippen LogP contribution in [0.4, 0.5) is 10.1 Å². The second-order valence-electron chi connectivity index (χ2n) is 38.3. The molecule has 0 radical (unpaired) electrons. The van der Waals surface area contributed by atoms with Gasteiger partial charge in [-0.1, -0.05) is 201 Å². The number of carbonyl (C=O) groups excluding carboxylic acids is 6. The number of aliphatic hydroxyl groups excluding tert-OH is 6. The number of carboxylic acid groups (broad SMARTS) is 1. The zero-order valence-corrected chi connectivity index (χ0v) is 78.6. The summed E-state index contributed by atoms with van der Waals surface area (Å²) in [5.74, 6) is -0.406. The molecule has 13 rings (SSSR count). The van der Waals surface area contributed by atoms with Crippen LogP contribution in [-0.2, 0) is 54.3 Å². The minimum atomic E-state index is -1.09. The van der Waals surface area contributed by atoms with Crippen LogP contribution in [-0.4, -0.2) is 147 Å². The van der Waals surface area contributed by atoms with Gasteiger partial charge >= 0.3 is 29.8 Å². The topological polar surface area (TPSA) is 320 Å². The van der Waals surface area contributed by atoms with E-state index in [1.54, 1.807) is 18.2 Å². The lowest BCUT2D eigenvalue weighted by Gasteiger charge is -2.44. The van der Waals surface area contributed by atoms with Gasteiger partial charge in [-0.25, -0.2) is 4.39 Å². The van der Waals surface area contributed by atoms with Crippen molar-refractivity contribution < 1.29 is 92.6 Å². The fraction of sp³-hybridized carbons (Fsp3) is 0.509. The number of nitrogens with zero attached hydrogens (tertiary/aromatic N) is 2. The molecule has 2 saturated heterocycles. The number of fused-ring (bicyclic) bond motifs is 3. The Bertz CT molecular complexity index is 5120. The summed E-state index contributed by atoms with van der Waals surface area (Å²) in [7, 11) is 0. The van der Waals surface area contributed by atoms with Crippen LogP contribution in [0.5, 0.6) is 0 Å². The van der Waals surface area contributed by atoms with Crippen molar-refractivity contribution in [2.24, 2.45) is 58.7 Å². The van der Waals surface area contributed by atoms with Crippen LogP contribution in [0.25, 0.3) is 50.5 Å². The smallest absolute Gasteiger partial charge is 0.311 e. The van der Waals surface area contributed by atoms with Crippen LogP contribution in [0, 0.1) is 71.4 Å². The number of carboxylic acids is 1. The van der Waals surface area contributed by atoms with Gasteiger partial charge in [-0.3, -0.25) is 33.6 Å².